The molecule has 4 nitrogen and oxygen atoms in total. The maximum absolute atomic E-state index is 11.8. The monoisotopic (exact) mass is 274 g/mol. The lowest BCUT2D eigenvalue weighted by molar-refractivity contribution is -0.128. The van der Waals surface area contributed by atoms with Crippen molar-refractivity contribution in [2.75, 3.05) is 38.6 Å². The summed E-state index contributed by atoms with van der Waals surface area (Å²) in [6.45, 7) is 8.74. The van der Waals surface area contributed by atoms with Crippen LogP contribution in [0.25, 0.3) is 0 Å². The van der Waals surface area contributed by atoms with E-state index in [0.29, 0.717) is 30.4 Å². The number of carbonyl (C=O) groups is 1. The zero-order valence-corrected chi connectivity index (χ0v) is 12.0. The highest BCUT2D eigenvalue weighted by Gasteiger charge is 2.29. The number of rotatable bonds is 4. The fraction of sp³-hybridized carbons (Fsp3) is 0.923. The smallest absolute Gasteiger partial charge is 0.223 e. The molecule has 1 amide bonds. The van der Waals surface area contributed by atoms with Crippen molar-refractivity contribution in [3.8, 4) is 0 Å². The molecule has 0 aliphatic carbocycles. The summed E-state index contributed by atoms with van der Waals surface area (Å²) < 4.78 is 5.70. The molecule has 1 unspecified atom stereocenters. The molecule has 2 aliphatic rings. The van der Waals surface area contributed by atoms with Crippen molar-refractivity contribution >= 4 is 17.5 Å². The minimum atomic E-state index is 0.259. The van der Waals surface area contributed by atoms with Crippen LogP contribution in [0, 0.1) is 5.92 Å². The molecule has 2 heterocycles. The molecule has 3 atom stereocenters. The summed E-state index contributed by atoms with van der Waals surface area (Å²) >= 11 is 5.82. The number of hydrogen-bond acceptors (Lipinski definition) is 3. The van der Waals surface area contributed by atoms with Crippen LogP contribution in [-0.4, -0.2) is 66.5 Å². The van der Waals surface area contributed by atoms with Crippen LogP contribution < -0.4 is 0 Å². The van der Waals surface area contributed by atoms with Gasteiger partial charge in [-0.25, -0.2) is 0 Å². The predicted octanol–water partition coefficient (Wildman–Crippen LogP) is 1.18. The third-order valence-corrected chi connectivity index (χ3v) is 4.13. The minimum absolute atomic E-state index is 0.259. The number of nitrogens with zero attached hydrogens (tertiary/aromatic N) is 2. The Morgan fingerprint density at radius 3 is 2.44 bits per heavy atom. The highest BCUT2D eigenvalue weighted by atomic mass is 35.5. The first-order valence-electron chi connectivity index (χ1n) is 6.80. The van der Waals surface area contributed by atoms with Gasteiger partial charge in [0.15, 0.2) is 0 Å². The summed E-state index contributed by atoms with van der Waals surface area (Å²) in [5, 5.41) is 0. The number of alkyl halides is 1. The van der Waals surface area contributed by atoms with Crippen LogP contribution in [0.2, 0.25) is 0 Å². The molecule has 0 bridgehead atoms. The van der Waals surface area contributed by atoms with Crippen LogP contribution in [0.3, 0.4) is 0 Å². The molecule has 2 rings (SSSR count). The van der Waals surface area contributed by atoms with E-state index in [1.165, 1.54) is 0 Å². The Hall–Kier alpha value is -0.320. The van der Waals surface area contributed by atoms with Gasteiger partial charge in [-0.15, -0.1) is 11.6 Å². The summed E-state index contributed by atoms with van der Waals surface area (Å²) in [6, 6.07) is 0. The highest BCUT2D eigenvalue weighted by Crippen LogP contribution is 2.19. The first-order chi connectivity index (χ1) is 8.58. The second kappa shape index (κ2) is 6.22. The van der Waals surface area contributed by atoms with Gasteiger partial charge >= 0.3 is 0 Å². The van der Waals surface area contributed by atoms with Crippen LogP contribution in [0.15, 0.2) is 0 Å². The van der Waals surface area contributed by atoms with Gasteiger partial charge in [0.2, 0.25) is 5.91 Å². The van der Waals surface area contributed by atoms with Gasteiger partial charge < -0.3 is 9.64 Å². The second-order valence-corrected chi connectivity index (χ2v) is 5.89. The fourth-order valence-corrected chi connectivity index (χ4v) is 3.11. The van der Waals surface area contributed by atoms with Crippen molar-refractivity contribution < 1.29 is 9.53 Å². The maximum atomic E-state index is 11.8. The number of carbonyl (C=O) groups excluding carboxylic acids is 1. The van der Waals surface area contributed by atoms with E-state index in [1.807, 2.05) is 4.90 Å². The van der Waals surface area contributed by atoms with Crippen molar-refractivity contribution in [3.05, 3.63) is 0 Å². The van der Waals surface area contributed by atoms with Crippen molar-refractivity contribution in [1.29, 1.82) is 0 Å². The summed E-state index contributed by atoms with van der Waals surface area (Å²) in [5.74, 6) is 1.20. The van der Waals surface area contributed by atoms with Crippen LogP contribution in [0.1, 0.15) is 20.3 Å². The Morgan fingerprint density at radius 1 is 1.22 bits per heavy atom. The van der Waals surface area contributed by atoms with Gasteiger partial charge in [0, 0.05) is 45.0 Å². The zero-order valence-electron chi connectivity index (χ0n) is 11.3. The van der Waals surface area contributed by atoms with E-state index >= 15 is 0 Å². The van der Waals surface area contributed by atoms with Gasteiger partial charge in [-0.1, -0.05) is 0 Å². The van der Waals surface area contributed by atoms with Crippen LogP contribution in [-0.2, 0) is 9.53 Å². The van der Waals surface area contributed by atoms with E-state index in [-0.39, 0.29) is 5.91 Å². The molecule has 0 spiro atoms. The average molecular weight is 275 g/mol. The standard InChI is InChI=1S/C13H23ClN2O2/c1-10-7-15(8-11(2)18-10)3-4-16-9-12(6-14)5-13(16)17/h10-12H,3-9H2,1-2H3/t10-,11+,12?. The largest absolute Gasteiger partial charge is 0.373 e. The van der Waals surface area contributed by atoms with E-state index in [9.17, 15) is 4.79 Å². The number of likely N-dealkylation sites (tertiary alicyclic amines) is 1. The topological polar surface area (TPSA) is 32.8 Å². The lowest BCUT2D eigenvalue weighted by atomic mass is 10.1. The molecule has 2 aliphatic heterocycles. The second-order valence-electron chi connectivity index (χ2n) is 5.58. The maximum Gasteiger partial charge on any atom is 0.223 e. The van der Waals surface area contributed by atoms with E-state index in [2.05, 4.69) is 18.7 Å². The molecule has 18 heavy (non-hydrogen) atoms. The van der Waals surface area contributed by atoms with Gasteiger partial charge in [0.1, 0.15) is 0 Å². The third kappa shape index (κ3) is 3.59. The molecular formula is C13H23ClN2O2. The van der Waals surface area contributed by atoms with E-state index in [1.54, 1.807) is 0 Å². The van der Waals surface area contributed by atoms with E-state index < -0.39 is 0 Å². The number of ether oxygens (including phenoxy) is 1. The summed E-state index contributed by atoms with van der Waals surface area (Å²) in [5.41, 5.74) is 0. The first-order valence-corrected chi connectivity index (χ1v) is 7.33. The highest BCUT2D eigenvalue weighted by molar-refractivity contribution is 6.18. The molecule has 5 heteroatoms. The number of hydrogen-bond donors (Lipinski definition) is 0. The summed E-state index contributed by atoms with van der Waals surface area (Å²) in [6.07, 6.45) is 1.21. The first kappa shape index (κ1) is 14.1. The summed E-state index contributed by atoms with van der Waals surface area (Å²) in [4.78, 5) is 16.1. The van der Waals surface area contributed by atoms with Gasteiger partial charge in [-0.05, 0) is 19.8 Å². The van der Waals surface area contributed by atoms with Crippen LogP contribution >= 0.6 is 11.6 Å². The van der Waals surface area contributed by atoms with Crippen LogP contribution in [0.5, 0.6) is 0 Å². The molecular weight excluding hydrogens is 252 g/mol. The molecule has 0 N–H and O–H groups in total. The normalized spacial score (nSPS) is 34.3. The zero-order chi connectivity index (χ0) is 13.1. The molecule has 2 fully saturated rings. The molecule has 104 valence electrons. The molecule has 0 aromatic rings. The lowest BCUT2D eigenvalue weighted by Gasteiger charge is -2.36. The quantitative estimate of drug-likeness (QED) is 0.722. The Bertz CT molecular complexity index is 291. The van der Waals surface area contributed by atoms with Crippen molar-refractivity contribution in [3.63, 3.8) is 0 Å². The average Bonchev–Trinajstić information content (AvgIpc) is 2.66. The van der Waals surface area contributed by atoms with Gasteiger partial charge in [-0.3, -0.25) is 9.69 Å². The molecule has 0 radical (unpaired) electrons. The van der Waals surface area contributed by atoms with Gasteiger partial charge in [-0.2, -0.15) is 0 Å². The van der Waals surface area contributed by atoms with Gasteiger partial charge in [0.25, 0.3) is 0 Å². The van der Waals surface area contributed by atoms with Gasteiger partial charge in [0.05, 0.1) is 12.2 Å². The molecule has 0 aromatic carbocycles. The molecule has 0 aromatic heterocycles. The van der Waals surface area contributed by atoms with Crippen LogP contribution in [0.4, 0.5) is 0 Å². The van der Waals surface area contributed by atoms with Crippen molar-refractivity contribution in [2.24, 2.45) is 5.92 Å². The Balaban J connectivity index is 1.76. The minimum Gasteiger partial charge on any atom is -0.373 e. The third-order valence-electron chi connectivity index (χ3n) is 3.69. The number of halogens is 1. The predicted molar refractivity (Wildman–Crippen MR) is 71.9 cm³/mol. The number of morpholine rings is 1. The van der Waals surface area contributed by atoms with Crippen molar-refractivity contribution in [2.45, 2.75) is 32.5 Å². The Kier molecular flexibility index (Phi) is 4.87. The van der Waals surface area contributed by atoms with E-state index in [4.69, 9.17) is 16.3 Å². The van der Waals surface area contributed by atoms with Crippen molar-refractivity contribution in [1.82, 2.24) is 9.80 Å². The number of amides is 1. The lowest BCUT2D eigenvalue weighted by Crippen LogP contribution is -2.48. The Labute approximate surface area is 114 Å². The SMILES string of the molecule is C[C@@H]1CN(CCN2CC(CCl)CC2=O)C[C@H](C)O1. The molecule has 2 saturated heterocycles. The summed E-state index contributed by atoms with van der Waals surface area (Å²) in [7, 11) is 0. The Morgan fingerprint density at radius 2 is 1.89 bits per heavy atom. The fourth-order valence-electron chi connectivity index (χ4n) is 2.90. The van der Waals surface area contributed by atoms with E-state index in [0.717, 1.165) is 32.7 Å². The molecule has 0 saturated carbocycles.